The molecule has 25 heavy (non-hydrogen) atoms. The van der Waals surface area contributed by atoms with Gasteiger partial charge in [-0.05, 0) is 30.7 Å². The van der Waals surface area contributed by atoms with Crippen molar-refractivity contribution in [1.29, 1.82) is 0 Å². The highest BCUT2D eigenvalue weighted by molar-refractivity contribution is 5.85. The van der Waals surface area contributed by atoms with Crippen LogP contribution in [0.5, 0.6) is 5.75 Å². The molecule has 1 aliphatic rings. The van der Waals surface area contributed by atoms with Crippen LogP contribution in [-0.2, 0) is 6.61 Å². The molecule has 130 valence electrons. The van der Waals surface area contributed by atoms with Crippen LogP contribution in [-0.4, -0.2) is 23.2 Å². The van der Waals surface area contributed by atoms with Crippen molar-refractivity contribution in [2.24, 2.45) is 0 Å². The second kappa shape index (κ2) is 8.14. The first kappa shape index (κ1) is 17.5. The van der Waals surface area contributed by atoms with E-state index >= 15 is 0 Å². The predicted molar refractivity (Wildman–Crippen MR) is 98.0 cm³/mol. The molecule has 0 amide bonds. The van der Waals surface area contributed by atoms with Gasteiger partial charge in [-0.15, -0.1) is 12.4 Å². The minimum atomic E-state index is 0. The van der Waals surface area contributed by atoms with Crippen LogP contribution in [0.25, 0.3) is 11.4 Å². The third-order valence-electron chi connectivity index (χ3n) is 4.22. The fraction of sp³-hybridized carbons (Fsp3) is 0.263. The smallest absolute Gasteiger partial charge is 0.231 e. The van der Waals surface area contributed by atoms with Crippen molar-refractivity contribution in [3.05, 3.63) is 66.1 Å². The molecule has 0 bridgehead atoms. The summed E-state index contributed by atoms with van der Waals surface area (Å²) in [5, 5.41) is 7.47. The van der Waals surface area contributed by atoms with E-state index in [0.717, 1.165) is 36.4 Å². The maximum Gasteiger partial charge on any atom is 0.231 e. The molecule has 0 radical (unpaired) electrons. The van der Waals surface area contributed by atoms with Gasteiger partial charge in [-0.1, -0.05) is 47.6 Å². The van der Waals surface area contributed by atoms with Crippen molar-refractivity contribution in [1.82, 2.24) is 15.5 Å². The zero-order chi connectivity index (χ0) is 16.2. The highest BCUT2D eigenvalue weighted by atomic mass is 35.5. The van der Waals surface area contributed by atoms with Gasteiger partial charge in [0.1, 0.15) is 12.4 Å². The number of aromatic nitrogens is 2. The fourth-order valence-corrected chi connectivity index (χ4v) is 2.89. The minimum Gasteiger partial charge on any atom is -0.488 e. The summed E-state index contributed by atoms with van der Waals surface area (Å²) < 4.78 is 11.4. The number of hydrogen-bond donors (Lipinski definition) is 1. The van der Waals surface area contributed by atoms with Gasteiger partial charge in [0, 0.05) is 6.54 Å². The largest absolute Gasteiger partial charge is 0.488 e. The summed E-state index contributed by atoms with van der Waals surface area (Å²) >= 11 is 0. The SMILES string of the molecule is Cl.c1ccc(COc2ccccc2-c2noc([C@H]3CCNC3)n2)cc1. The number of nitrogens with zero attached hydrogens (tertiary/aromatic N) is 2. The maximum absolute atomic E-state index is 5.98. The van der Waals surface area contributed by atoms with Gasteiger partial charge in [0.2, 0.25) is 11.7 Å². The van der Waals surface area contributed by atoms with Crippen LogP contribution in [0.15, 0.2) is 59.1 Å². The van der Waals surface area contributed by atoms with Gasteiger partial charge in [0.25, 0.3) is 0 Å². The van der Waals surface area contributed by atoms with Crippen LogP contribution in [0, 0.1) is 0 Å². The molecule has 5 nitrogen and oxygen atoms in total. The van der Waals surface area contributed by atoms with Gasteiger partial charge >= 0.3 is 0 Å². The summed E-state index contributed by atoms with van der Waals surface area (Å²) in [6.45, 7) is 2.40. The monoisotopic (exact) mass is 357 g/mol. The van der Waals surface area contributed by atoms with Crippen molar-refractivity contribution in [2.75, 3.05) is 13.1 Å². The molecule has 0 saturated carbocycles. The van der Waals surface area contributed by atoms with Crippen LogP contribution in [0.2, 0.25) is 0 Å². The van der Waals surface area contributed by atoms with Crippen LogP contribution < -0.4 is 10.1 Å². The Morgan fingerprint density at radius 3 is 2.68 bits per heavy atom. The molecule has 1 aromatic heterocycles. The zero-order valence-electron chi connectivity index (χ0n) is 13.7. The molecule has 1 N–H and O–H groups in total. The Hall–Kier alpha value is -2.37. The topological polar surface area (TPSA) is 60.2 Å². The lowest BCUT2D eigenvalue weighted by molar-refractivity contribution is 0.307. The first-order valence-corrected chi connectivity index (χ1v) is 8.20. The molecule has 1 fully saturated rings. The number of rotatable bonds is 5. The number of hydrogen-bond acceptors (Lipinski definition) is 5. The molecule has 1 saturated heterocycles. The summed E-state index contributed by atoms with van der Waals surface area (Å²) in [7, 11) is 0. The normalized spacial score (nSPS) is 16.4. The van der Waals surface area contributed by atoms with Gasteiger partial charge in [0.05, 0.1) is 11.5 Å². The Bertz CT molecular complexity index is 801. The number of benzene rings is 2. The number of halogens is 1. The summed E-state index contributed by atoms with van der Waals surface area (Å²) in [4.78, 5) is 4.58. The molecule has 0 aliphatic carbocycles. The maximum atomic E-state index is 5.98. The second-order valence-electron chi connectivity index (χ2n) is 5.92. The van der Waals surface area contributed by atoms with E-state index in [9.17, 15) is 0 Å². The quantitative estimate of drug-likeness (QED) is 0.752. The van der Waals surface area contributed by atoms with E-state index in [4.69, 9.17) is 9.26 Å². The molecule has 1 aliphatic heterocycles. The summed E-state index contributed by atoms with van der Waals surface area (Å²) in [6.07, 6.45) is 1.04. The Balaban J connectivity index is 0.00000182. The summed E-state index contributed by atoms with van der Waals surface area (Å²) in [6, 6.07) is 17.9. The van der Waals surface area contributed by atoms with Crippen LogP contribution >= 0.6 is 12.4 Å². The molecule has 0 unspecified atom stereocenters. The molecule has 4 rings (SSSR count). The zero-order valence-corrected chi connectivity index (χ0v) is 14.5. The van der Waals surface area contributed by atoms with Crippen LogP contribution in [0.3, 0.4) is 0 Å². The molecule has 3 aromatic rings. The lowest BCUT2D eigenvalue weighted by Crippen LogP contribution is -2.08. The van der Waals surface area contributed by atoms with Crippen molar-refractivity contribution in [2.45, 2.75) is 18.9 Å². The first-order chi connectivity index (χ1) is 11.9. The third-order valence-corrected chi connectivity index (χ3v) is 4.22. The predicted octanol–water partition coefficient (Wildman–Crippen LogP) is 3.81. The van der Waals surface area contributed by atoms with Crippen molar-refractivity contribution < 1.29 is 9.26 Å². The van der Waals surface area contributed by atoms with Gasteiger partial charge in [-0.3, -0.25) is 0 Å². The Kier molecular flexibility index (Phi) is 5.68. The van der Waals surface area contributed by atoms with E-state index in [-0.39, 0.29) is 12.4 Å². The lowest BCUT2D eigenvalue weighted by Gasteiger charge is -2.09. The van der Waals surface area contributed by atoms with E-state index in [0.29, 0.717) is 24.2 Å². The van der Waals surface area contributed by atoms with Crippen LogP contribution in [0.4, 0.5) is 0 Å². The summed E-state index contributed by atoms with van der Waals surface area (Å²) in [5.41, 5.74) is 1.98. The molecule has 0 spiro atoms. The Labute approximate surface area is 152 Å². The lowest BCUT2D eigenvalue weighted by atomic mass is 10.1. The van der Waals surface area contributed by atoms with E-state index < -0.39 is 0 Å². The average Bonchev–Trinajstić information content (AvgIpc) is 3.32. The Morgan fingerprint density at radius 1 is 1.08 bits per heavy atom. The number of para-hydroxylation sites is 1. The van der Waals surface area contributed by atoms with Crippen molar-refractivity contribution in [3.63, 3.8) is 0 Å². The summed E-state index contributed by atoms with van der Waals surface area (Å²) in [5.74, 6) is 2.36. The molecular formula is C19H20ClN3O2. The minimum absolute atomic E-state index is 0. The van der Waals surface area contributed by atoms with Crippen molar-refractivity contribution in [3.8, 4) is 17.1 Å². The number of ether oxygens (including phenoxy) is 1. The van der Waals surface area contributed by atoms with Crippen molar-refractivity contribution >= 4 is 12.4 Å². The van der Waals surface area contributed by atoms with E-state index in [1.807, 2.05) is 54.6 Å². The van der Waals surface area contributed by atoms with Gasteiger partial charge in [0.15, 0.2) is 0 Å². The number of nitrogens with one attached hydrogen (secondary N) is 1. The highest BCUT2D eigenvalue weighted by Gasteiger charge is 2.23. The van der Waals surface area contributed by atoms with E-state index in [1.165, 1.54) is 0 Å². The van der Waals surface area contributed by atoms with Gasteiger partial charge < -0.3 is 14.6 Å². The Morgan fingerprint density at radius 2 is 1.88 bits per heavy atom. The third kappa shape index (κ3) is 4.00. The van der Waals surface area contributed by atoms with E-state index in [1.54, 1.807) is 0 Å². The molecule has 6 heteroatoms. The highest BCUT2D eigenvalue weighted by Crippen LogP contribution is 2.30. The second-order valence-corrected chi connectivity index (χ2v) is 5.92. The van der Waals surface area contributed by atoms with Crippen LogP contribution in [0.1, 0.15) is 23.8 Å². The van der Waals surface area contributed by atoms with E-state index in [2.05, 4.69) is 15.5 Å². The average molecular weight is 358 g/mol. The molecule has 1 atom stereocenters. The molecule has 2 aromatic carbocycles. The molecule has 2 heterocycles. The van der Waals surface area contributed by atoms with Gasteiger partial charge in [-0.2, -0.15) is 4.98 Å². The standard InChI is InChI=1S/C19H19N3O2.ClH/c1-2-6-14(7-3-1)13-23-17-9-5-4-8-16(17)18-21-19(24-22-18)15-10-11-20-12-15;/h1-9,15,20H,10-13H2;1H/t15-;/m0./s1. The fourth-order valence-electron chi connectivity index (χ4n) is 2.89. The first-order valence-electron chi connectivity index (χ1n) is 8.20. The van der Waals surface area contributed by atoms with Gasteiger partial charge in [-0.25, -0.2) is 0 Å². The molecular weight excluding hydrogens is 338 g/mol.